The minimum absolute atomic E-state index is 0.130. The molecule has 7 nitrogen and oxygen atoms in total. The van der Waals surface area contributed by atoms with Gasteiger partial charge in [-0.1, -0.05) is 18.1 Å². The summed E-state index contributed by atoms with van der Waals surface area (Å²) in [5.41, 5.74) is 6.59. The number of aliphatic imine (C=N–C) groups is 2. The number of aryl methyl sites for hydroxylation is 1. The van der Waals surface area contributed by atoms with Gasteiger partial charge in [-0.3, -0.25) is 20.1 Å². The lowest BCUT2D eigenvalue weighted by molar-refractivity contribution is 0.0730. The van der Waals surface area contributed by atoms with Crippen LogP contribution < -0.4 is 11.1 Å². The highest BCUT2D eigenvalue weighted by Crippen LogP contribution is 2.28. The summed E-state index contributed by atoms with van der Waals surface area (Å²) < 4.78 is 19.3. The van der Waals surface area contributed by atoms with Crippen LogP contribution in [0.2, 0.25) is 0 Å². The summed E-state index contributed by atoms with van der Waals surface area (Å²) >= 11 is 4.92. The fourth-order valence-corrected chi connectivity index (χ4v) is 3.16. The van der Waals surface area contributed by atoms with Gasteiger partial charge in [0.25, 0.3) is 5.91 Å². The van der Waals surface area contributed by atoms with Crippen molar-refractivity contribution < 1.29 is 13.9 Å². The highest BCUT2D eigenvalue weighted by Gasteiger charge is 2.39. The molecule has 0 radical (unpaired) electrons. The van der Waals surface area contributed by atoms with Gasteiger partial charge in [0.15, 0.2) is 5.84 Å². The zero-order valence-electron chi connectivity index (χ0n) is 16.0. The molecule has 0 aliphatic carbocycles. The Morgan fingerprint density at radius 3 is 2.97 bits per heavy atom. The van der Waals surface area contributed by atoms with E-state index in [0.29, 0.717) is 23.4 Å². The molecule has 9 heteroatoms. The summed E-state index contributed by atoms with van der Waals surface area (Å²) in [5, 5.41) is 2.63. The molecule has 2 unspecified atom stereocenters. The standard InChI is InChI=1S/C20H20FN5O2S/c1-12-7-14(18(22)29)8-24-17(12)19(27)25-16-4-3-15(5-6-23-16)20(10-21)11-28-9-13(2)26-20/h5-8,15H,9-11H2,1-2H3,(H2,22,29)(H,23,25,27). The summed E-state index contributed by atoms with van der Waals surface area (Å²) in [5.74, 6) is 4.88. The van der Waals surface area contributed by atoms with Gasteiger partial charge < -0.3 is 10.5 Å². The number of ether oxygens (including phenoxy) is 1. The molecule has 150 valence electrons. The van der Waals surface area contributed by atoms with Crippen molar-refractivity contribution in [2.75, 3.05) is 19.9 Å². The monoisotopic (exact) mass is 413 g/mol. The second kappa shape index (κ2) is 8.59. The number of hydrogen-bond acceptors (Lipinski definition) is 6. The van der Waals surface area contributed by atoms with Crippen molar-refractivity contribution in [3.05, 3.63) is 41.4 Å². The molecule has 0 saturated carbocycles. The van der Waals surface area contributed by atoms with Gasteiger partial charge in [0.1, 0.15) is 22.9 Å². The first kappa shape index (κ1) is 20.8. The number of aromatic nitrogens is 1. The maximum atomic E-state index is 13.9. The van der Waals surface area contributed by atoms with E-state index in [1.807, 2.05) is 0 Å². The highest BCUT2D eigenvalue weighted by molar-refractivity contribution is 7.80. The SMILES string of the molecule is CC1=NC(CF)(C2C#CC(NC(=O)c3ncc(C(N)=S)cc3C)=NC=C2)COC1. The van der Waals surface area contributed by atoms with Crippen LogP contribution >= 0.6 is 12.2 Å². The van der Waals surface area contributed by atoms with E-state index in [4.69, 9.17) is 22.7 Å². The Labute approximate surface area is 173 Å². The number of nitrogens with one attached hydrogen (secondary N) is 1. The number of nitrogens with two attached hydrogens (primary N) is 1. The molecule has 1 aromatic rings. The lowest BCUT2D eigenvalue weighted by Gasteiger charge is -2.34. The van der Waals surface area contributed by atoms with E-state index < -0.39 is 24.0 Å². The fourth-order valence-electron chi connectivity index (χ4n) is 3.05. The van der Waals surface area contributed by atoms with E-state index in [2.05, 4.69) is 32.1 Å². The first-order valence-electron chi connectivity index (χ1n) is 8.87. The number of carbonyl (C=O) groups excluding carboxylic acids is 1. The van der Waals surface area contributed by atoms with Crippen molar-refractivity contribution in [2.24, 2.45) is 21.6 Å². The largest absolute Gasteiger partial charge is 0.389 e. The van der Waals surface area contributed by atoms with Gasteiger partial charge in [-0.2, -0.15) is 0 Å². The van der Waals surface area contributed by atoms with Crippen LogP contribution in [0.5, 0.6) is 0 Å². The second-order valence-electron chi connectivity index (χ2n) is 6.85. The molecule has 2 aliphatic rings. The van der Waals surface area contributed by atoms with Gasteiger partial charge in [0.2, 0.25) is 0 Å². The van der Waals surface area contributed by atoms with Gasteiger partial charge in [-0.05, 0) is 37.5 Å². The van der Waals surface area contributed by atoms with E-state index in [0.717, 1.165) is 0 Å². The molecule has 1 amide bonds. The molecule has 2 aliphatic heterocycles. The number of carbonyl (C=O) groups is 1. The van der Waals surface area contributed by atoms with Crippen LogP contribution in [-0.4, -0.2) is 52.9 Å². The molecular weight excluding hydrogens is 393 g/mol. The summed E-state index contributed by atoms with van der Waals surface area (Å²) in [7, 11) is 0. The lowest BCUT2D eigenvalue weighted by atomic mass is 9.85. The Bertz CT molecular complexity index is 1010. The summed E-state index contributed by atoms with van der Waals surface area (Å²) in [6.45, 7) is 3.31. The van der Waals surface area contributed by atoms with Crippen molar-refractivity contribution in [3.63, 3.8) is 0 Å². The molecule has 3 N–H and O–H groups in total. The van der Waals surface area contributed by atoms with Gasteiger partial charge in [-0.25, -0.2) is 9.38 Å². The smallest absolute Gasteiger partial charge is 0.276 e. The molecule has 0 saturated heterocycles. The molecule has 3 heterocycles. The minimum Gasteiger partial charge on any atom is -0.389 e. The molecule has 0 fully saturated rings. The third kappa shape index (κ3) is 4.55. The number of amidine groups is 1. The molecular formula is C20H20FN5O2S. The normalized spacial score (nSPS) is 23.2. The molecule has 29 heavy (non-hydrogen) atoms. The number of rotatable bonds is 4. The first-order chi connectivity index (χ1) is 13.8. The zero-order valence-corrected chi connectivity index (χ0v) is 16.8. The number of amides is 1. The third-order valence-corrected chi connectivity index (χ3v) is 4.76. The van der Waals surface area contributed by atoms with Gasteiger partial charge >= 0.3 is 0 Å². The van der Waals surface area contributed by atoms with Crippen LogP contribution in [0.15, 0.2) is 34.5 Å². The van der Waals surface area contributed by atoms with Gasteiger partial charge in [-0.15, -0.1) is 0 Å². The Morgan fingerprint density at radius 1 is 1.52 bits per heavy atom. The van der Waals surface area contributed by atoms with Crippen molar-refractivity contribution in [2.45, 2.75) is 19.4 Å². The molecule has 1 aromatic heterocycles. The summed E-state index contributed by atoms with van der Waals surface area (Å²) in [6.07, 6.45) is 4.58. The molecule has 0 bridgehead atoms. The van der Waals surface area contributed by atoms with Crippen LogP contribution in [0, 0.1) is 24.7 Å². The average molecular weight is 413 g/mol. The van der Waals surface area contributed by atoms with Crippen LogP contribution in [0.4, 0.5) is 4.39 Å². The molecule has 0 spiro atoms. The second-order valence-corrected chi connectivity index (χ2v) is 7.29. The Hall–Kier alpha value is -2.96. The van der Waals surface area contributed by atoms with Gasteiger partial charge in [0, 0.05) is 23.7 Å². The van der Waals surface area contributed by atoms with Crippen molar-refractivity contribution >= 4 is 34.7 Å². The van der Waals surface area contributed by atoms with Crippen molar-refractivity contribution in [1.29, 1.82) is 0 Å². The number of nitrogens with zero attached hydrogens (tertiary/aromatic N) is 3. The van der Waals surface area contributed by atoms with Crippen LogP contribution in [0.25, 0.3) is 0 Å². The van der Waals surface area contributed by atoms with E-state index >= 15 is 0 Å². The number of alkyl halides is 1. The summed E-state index contributed by atoms with van der Waals surface area (Å²) in [6, 6.07) is 1.69. The number of hydrogen-bond donors (Lipinski definition) is 2. The first-order valence-corrected chi connectivity index (χ1v) is 9.28. The van der Waals surface area contributed by atoms with E-state index in [9.17, 15) is 9.18 Å². The number of thiocarbonyl (C=S) groups is 1. The summed E-state index contributed by atoms with van der Waals surface area (Å²) in [4.78, 5) is 25.5. The zero-order chi connectivity index (χ0) is 21.0. The molecule has 3 rings (SSSR count). The average Bonchev–Trinajstić information content (AvgIpc) is 2.93. The minimum atomic E-state index is -1.10. The third-order valence-electron chi connectivity index (χ3n) is 4.52. The fraction of sp³-hybridized carbons (Fsp3) is 0.350. The number of halogens is 1. The van der Waals surface area contributed by atoms with E-state index in [1.54, 1.807) is 26.0 Å². The Kier molecular flexibility index (Phi) is 6.15. The predicted octanol–water partition coefficient (Wildman–Crippen LogP) is 1.50. The maximum Gasteiger partial charge on any atom is 0.276 e. The molecule has 2 atom stereocenters. The predicted molar refractivity (Wildman–Crippen MR) is 113 cm³/mol. The lowest BCUT2D eigenvalue weighted by Crippen LogP contribution is -2.46. The Morgan fingerprint density at radius 2 is 2.31 bits per heavy atom. The quantitative estimate of drug-likeness (QED) is 0.575. The number of pyridine rings is 1. The van der Waals surface area contributed by atoms with E-state index in [-0.39, 0.29) is 23.1 Å². The van der Waals surface area contributed by atoms with Crippen LogP contribution in [0.3, 0.4) is 0 Å². The molecule has 0 aromatic carbocycles. The topological polar surface area (TPSA) is 102 Å². The van der Waals surface area contributed by atoms with Crippen molar-refractivity contribution in [3.8, 4) is 11.8 Å². The maximum absolute atomic E-state index is 13.9. The Balaban J connectivity index is 1.78. The van der Waals surface area contributed by atoms with E-state index in [1.165, 1.54) is 12.4 Å². The van der Waals surface area contributed by atoms with Crippen LogP contribution in [-0.2, 0) is 4.74 Å². The van der Waals surface area contributed by atoms with Crippen LogP contribution in [0.1, 0.15) is 28.5 Å². The van der Waals surface area contributed by atoms with Crippen molar-refractivity contribution in [1.82, 2.24) is 10.3 Å². The van der Waals surface area contributed by atoms with Gasteiger partial charge in [0.05, 0.1) is 19.1 Å². The highest BCUT2D eigenvalue weighted by atomic mass is 32.1.